The van der Waals surface area contributed by atoms with Crippen LogP contribution in [0.5, 0.6) is 0 Å². The molecule has 2 N–H and O–H groups in total. The van der Waals surface area contributed by atoms with Gasteiger partial charge in [-0.15, -0.1) is 0 Å². The third-order valence-electron chi connectivity index (χ3n) is 4.18. The molecule has 0 radical (unpaired) electrons. The van der Waals surface area contributed by atoms with Crippen molar-refractivity contribution in [3.05, 3.63) is 36.5 Å². The number of aryl methyl sites for hydroxylation is 1. The lowest BCUT2D eigenvalue weighted by molar-refractivity contribution is -0.123. The van der Waals surface area contributed by atoms with Crippen molar-refractivity contribution in [1.82, 2.24) is 15.2 Å². The fourth-order valence-corrected chi connectivity index (χ4v) is 3.00. The number of carbonyl (C=O) groups is 1. The van der Waals surface area contributed by atoms with E-state index in [1.54, 1.807) is 0 Å². The standard InChI is InChI=1S/C17H23N3O/c21-17(15-7-3-4-10-18-15)19-11-5-12-20-13-9-14-6-1-2-8-16(14)20/h1-2,6,8-9,13,15,18H,3-5,7,10-12H2,(H,19,21)/t15-/m0/s1. The first-order valence-electron chi connectivity index (χ1n) is 7.89. The molecule has 1 aromatic heterocycles. The lowest BCUT2D eigenvalue weighted by Crippen LogP contribution is -2.46. The van der Waals surface area contributed by atoms with Crippen molar-refractivity contribution < 1.29 is 4.79 Å². The quantitative estimate of drug-likeness (QED) is 0.828. The van der Waals surface area contributed by atoms with Gasteiger partial charge in [0.15, 0.2) is 0 Å². The van der Waals surface area contributed by atoms with E-state index in [9.17, 15) is 4.79 Å². The van der Waals surface area contributed by atoms with Gasteiger partial charge in [-0.3, -0.25) is 4.79 Å². The second-order valence-corrected chi connectivity index (χ2v) is 5.72. The Morgan fingerprint density at radius 2 is 2.19 bits per heavy atom. The highest BCUT2D eigenvalue weighted by atomic mass is 16.2. The van der Waals surface area contributed by atoms with Gasteiger partial charge in [-0.05, 0) is 43.3 Å². The number of hydrogen-bond donors (Lipinski definition) is 2. The molecule has 1 fully saturated rings. The van der Waals surface area contributed by atoms with Crippen LogP contribution in [0.1, 0.15) is 25.7 Å². The van der Waals surface area contributed by atoms with Gasteiger partial charge in [-0.2, -0.15) is 0 Å². The molecule has 1 aromatic carbocycles. The number of fused-ring (bicyclic) bond motifs is 1. The minimum atomic E-state index is 0.0196. The highest BCUT2D eigenvalue weighted by Gasteiger charge is 2.19. The summed E-state index contributed by atoms with van der Waals surface area (Å²) in [5.41, 5.74) is 1.26. The summed E-state index contributed by atoms with van der Waals surface area (Å²) in [5.74, 6) is 0.159. The van der Waals surface area contributed by atoms with Crippen LogP contribution in [0.15, 0.2) is 36.5 Å². The lowest BCUT2D eigenvalue weighted by atomic mass is 10.0. The van der Waals surface area contributed by atoms with Gasteiger partial charge in [0, 0.05) is 24.8 Å². The first-order chi connectivity index (χ1) is 10.3. The van der Waals surface area contributed by atoms with Crippen LogP contribution in [0.25, 0.3) is 10.9 Å². The van der Waals surface area contributed by atoms with Crippen molar-refractivity contribution >= 4 is 16.8 Å². The maximum absolute atomic E-state index is 12.0. The molecule has 0 spiro atoms. The minimum absolute atomic E-state index is 0.0196. The van der Waals surface area contributed by atoms with Gasteiger partial charge in [0.2, 0.25) is 5.91 Å². The smallest absolute Gasteiger partial charge is 0.237 e. The molecule has 4 heteroatoms. The Kier molecular flexibility index (Phi) is 4.55. The molecule has 1 amide bonds. The van der Waals surface area contributed by atoms with E-state index in [2.05, 4.69) is 51.7 Å². The second kappa shape index (κ2) is 6.76. The number of carbonyl (C=O) groups excluding carboxylic acids is 1. The Morgan fingerprint density at radius 3 is 3.05 bits per heavy atom. The van der Waals surface area contributed by atoms with Crippen LogP contribution < -0.4 is 10.6 Å². The van der Waals surface area contributed by atoms with Crippen LogP contribution in [0, 0.1) is 0 Å². The molecule has 3 rings (SSSR count). The monoisotopic (exact) mass is 285 g/mol. The number of rotatable bonds is 5. The SMILES string of the molecule is O=C(NCCCn1ccc2ccccc21)[C@@H]1CCCCN1. The Labute approximate surface area is 125 Å². The van der Waals surface area contributed by atoms with E-state index < -0.39 is 0 Å². The van der Waals surface area contributed by atoms with Gasteiger partial charge >= 0.3 is 0 Å². The van der Waals surface area contributed by atoms with Gasteiger partial charge in [-0.25, -0.2) is 0 Å². The van der Waals surface area contributed by atoms with Crippen molar-refractivity contribution in [3.63, 3.8) is 0 Å². The zero-order chi connectivity index (χ0) is 14.5. The van der Waals surface area contributed by atoms with Crippen LogP contribution in [-0.2, 0) is 11.3 Å². The molecular weight excluding hydrogens is 262 g/mol. The molecular formula is C17H23N3O. The molecule has 0 unspecified atom stereocenters. The lowest BCUT2D eigenvalue weighted by Gasteiger charge is -2.22. The van der Waals surface area contributed by atoms with E-state index in [1.807, 2.05) is 0 Å². The third kappa shape index (κ3) is 3.45. The molecule has 2 aromatic rings. The fourth-order valence-electron chi connectivity index (χ4n) is 3.00. The number of nitrogens with one attached hydrogen (secondary N) is 2. The molecule has 21 heavy (non-hydrogen) atoms. The van der Waals surface area contributed by atoms with Gasteiger partial charge in [0.25, 0.3) is 0 Å². The minimum Gasteiger partial charge on any atom is -0.355 e. The number of para-hydroxylation sites is 1. The summed E-state index contributed by atoms with van der Waals surface area (Å²) in [6, 6.07) is 10.5. The normalized spacial score (nSPS) is 18.8. The molecule has 1 atom stereocenters. The van der Waals surface area contributed by atoms with E-state index in [-0.39, 0.29) is 11.9 Å². The highest BCUT2D eigenvalue weighted by Crippen LogP contribution is 2.15. The Morgan fingerprint density at radius 1 is 1.29 bits per heavy atom. The maximum atomic E-state index is 12.0. The molecule has 4 nitrogen and oxygen atoms in total. The number of piperidine rings is 1. The first kappa shape index (κ1) is 14.1. The molecule has 0 saturated carbocycles. The average Bonchev–Trinajstić information content (AvgIpc) is 2.95. The molecule has 0 aliphatic carbocycles. The fraction of sp³-hybridized carbons (Fsp3) is 0.471. The Hall–Kier alpha value is -1.81. The van der Waals surface area contributed by atoms with Crippen molar-refractivity contribution in [1.29, 1.82) is 0 Å². The highest BCUT2D eigenvalue weighted by molar-refractivity contribution is 5.81. The van der Waals surface area contributed by atoms with Crippen molar-refractivity contribution in [2.75, 3.05) is 13.1 Å². The topological polar surface area (TPSA) is 46.1 Å². The number of aromatic nitrogens is 1. The first-order valence-corrected chi connectivity index (χ1v) is 7.89. The summed E-state index contributed by atoms with van der Waals surface area (Å²) in [6.07, 6.45) is 6.38. The Balaban J connectivity index is 1.44. The summed E-state index contributed by atoms with van der Waals surface area (Å²) < 4.78 is 2.25. The van der Waals surface area contributed by atoms with E-state index in [0.717, 1.165) is 38.9 Å². The van der Waals surface area contributed by atoms with Gasteiger partial charge in [-0.1, -0.05) is 24.6 Å². The maximum Gasteiger partial charge on any atom is 0.237 e. The number of amides is 1. The van der Waals surface area contributed by atoms with Gasteiger partial charge in [0.05, 0.1) is 6.04 Å². The van der Waals surface area contributed by atoms with Crippen LogP contribution in [0.4, 0.5) is 0 Å². The summed E-state index contributed by atoms with van der Waals surface area (Å²) in [5, 5.41) is 7.60. The molecule has 1 saturated heterocycles. The van der Waals surface area contributed by atoms with E-state index >= 15 is 0 Å². The van der Waals surface area contributed by atoms with Crippen molar-refractivity contribution in [2.45, 2.75) is 38.3 Å². The third-order valence-corrected chi connectivity index (χ3v) is 4.18. The van der Waals surface area contributed by atoms with Crippen LogP contribution in [-0.4, -0.2) is 29.6 Å². The summed E-state index contributed by atoms with van der Waals surface area (Å²) in [7, 11) is 0. The van der Waals surface area contributed by atoms with E-state index in [0.29, 0.717) is 0 Å². The van der Waals surface area contributed by atoms with Crippen LogP contribution in [0.3, 0.4) is 0 Å². The van der Waals surface area contributed by atoms with E-state index in [1.165, 1.54) is 17.3 Å². The molecule has 0 bridgehead atoms. The predicted molar refractivity (Wildman–Crippen MR) is 85.2 cm³/mol. The van der Waals surface area contributed by atoms with Gasteiger partial charge < -0.3 is 15.2 Å². The molecule has 1 aliphatic heterocycles. The van der Waals surface area contributed by atoms with Crippen molar-refractivity contribution in [2.24, 2.45) is 0 Å². The number of benzene rings is 1. The van der Waals surface area contributed by atoms with Gasteiger partial charge in [0.1, 0.15) is 0 Å². The van der Waals surface area contributed by atoms with Crippen LogP contribution >= 0.6 is 0 Å². The zero-order valence-electron chi connectivity index (χ0n) is 12.3. The zero-order valence-corrected chi connectivity index (χ0v) is 12.3. The average molecular weight is 285 g/mol. The number of nitrogens with zero attached hydrogens (tertiary/aromatic N) is 1. The van der Waals surface area contributed by atoms with E-state index in [4.69, 9.17) is 0 Å². The largest absolute Gasteiger partial charge is 0.355 e. The molecule has 1 aliphatic rings. The molecule has 2 heterocycles. The Bertz CT molecular complexity index is 599. The summed E-state index contributed by atoms with van der Waals surface area (Å²) in [6.45, 7) is 2.64. The van der Waals surface area contributed by atoms with Crippen LogP contribution in [0.2, 0.25) is 0 Å². The number of hydrogen-bond acceptors (Lipinski definition) is 2. The van der Waals surface area contributed by atoms with Crippen molar-refractivity contribution in [3.8, 4) is 0 Å². The summed E-state index contributed by atoms with van der Waals surface area (Å²) >= 11 is 0. The molecule has 112 valence electrons. The second-order valence-electron chi connectivity index (χ2n) is 5.72. The summed E-state index contributed by atoms with van der Waals surface area (Å²) in [4.78, 5) is 12.0. The predicted octanol–water partition coefficient (Wildman–Crippen LogP) is 2.29.